The second-order valence-corrected chi connectivity index (χ2v) is 10.1. The summed E-state index contributed by atoms with van der Waals surface area (Å²) in [5.41, 5.74) is 6.58. The lowest BCUT2D eigenvalue weighted by Crippen LogP contribution is -2.00. The minimum Gasteiger partial charge on any atom is -0.455 e. The van der Waals surface area contributed by atoms with E-state index in [0.717, 1.165) is 49.8 Å². The van der Waals surface area contributed by atoms with Crippen molar-refractivity contribution in [2.45, 2.75) is 0 Å². The van der Waals surface area contributed by atoms with E-state index in [1.807, 2.05) is 78.9 Å². The van der Waals surface area contributed by atoms with E-state index in [9.17, 15) is 0 Å². The van der Waals surface area contributed by atoms with Gasteiger partial charge in [-0.1, -0.05) is 115 Å². The molecular formula is C37H23N3O. The van der Waals surface area contributed by atoms with Gasteiger partial charge >= 0.3 is 0 Å². The Bertz CT molecular complexity index is 2140. The van der Waals surface area contributed by atoms with Crippen molar-refractivity contribution in [2.24, 2.45) is 0 Å². The summed E-state index contributed by atoms with van der Waals surface area (Å²) in [6.45, 7) is 0. The molecule has 0 saturated carbocycles. The van der Waals surface area contributed by atoms with Gasteiger partial charge in [-0.15, -0.1) is 0 Å². The maximum absolute atomic E-state index is 6.47. The SMILES string of the molecule is c1ccc(-c2nc(-c3ccccc3)nc(-c3cc(-c4ccc5ccccc5c4)c4oc5ccccc5c4c3)n2)cc1. The van der Waals surface area contributed by atoms with E-state index in [2.05, 4.69) is 60.7 Å². The van der Waals surface area contributed by atoms with Crippen LogP contribution in [0.1, 0.15) is 0 Å². The minimum absolute atomic E-state index is 0.618. The molecule has 8 aromatic rings. The lowest BCUT2D eigenvalue weighted by molar-refractivity contribution is 0.670. The highest BCUT2D eigenvalue weighted by Crippen LogP contribution is 2.40. The molecule has 0 aliphatic rings. The predicted molar refractivity (Wildman–Crippen MR) is 166 cm³/mol. The van der Waals surface area contributed by atoms with Gasteiger partial charge in [-0.05, 0) is 40.6 Å². The topological polar surface area (TPSA) is 51.8 Å². The third kappa shape index (κ3) is 4.14. The molecule has 2 heterocycles. The molecule has 4 heteroatoms. The van der Waals surface area contributed by atoms with Crippen molar-refractivity contribution in [1.82, 2.24) is 15.0 Å². The second kappa shape index (κ2) is 9.54. The van der Waals surface area contributed by atoms with Gasteiger partial charge in [0.1, 0.15) is 11.2 Å². The smallest absolute Gasteiger partial charge is 0.164 e. The van der Waals surface area contributed by atoms with Crippen LogP contribution in [0.4, 0.5) is 0 Å². The van der Waals surface area contributed by atoms with E-state index in [0.29, 0.717) is 17.5 Å². The molecule has 0 N–H and O–H groups in total. The minimum atomic E-state index is 0.618. The van der Waals surface area contributed by atoms with Crippen molar-refractivity contribution < 1.29 is 4.42 Å². The molecule has 0 unspecified atom stereocenters. The molecule has 6 aromatic carbocycles. The van der Waals surface area contributed by atoms with Crippen LogP contribution in [-0.2, 0) is 0 Å². The Labute approximate surface area is 236 Å². The average molecular weight is 526 g/mol. The maximum atomic E-state index is 6.47. The molecule has 0 atom stereocenters. The standard InChI is InChI=1S/C37H23N3O/c1-3-12-25(13-4-1)35-38-36(26-14-5-2-6-15-26)40-37(39-35)29-22-31(28-20-19-24-11-7-8-16-27(24)21-28)34-32(23-29)30-17-9-10-18-33(30)41-34/h1-23H. The van der Waals surface area contributed by atoms with E-state index in [1.165, 1.54) is 10.8 Å². The van der Waals surface area contributed by atoms with E-state index < -0.39 is 0 Å². The van der Waals surface area contributed by atoms with Gasteiger partial charge < -0.3 is 4.42 Å². The molecule has 0 aliphatic carbocycles. The highest BCUT2D eigenvalue weighted by molar-refractivity contribution is 6.11. The Balaban J connectivity index is 1.41. The zero-order valence-corrected chi connectivity index (χ0v) is 22.0. The normalized spacial score (nSPS) is 11.4. The van der Waals surface area contributed by atoms with Crippen LogP contribution in [-0.4, -0.2) is 15.0 Å². The monoisotopic (exact) mass is 525 g/mol. The van der Waals surface area contributed by atoms with Crippen LogP contribution < -0.4 is 0 Å². The van der Waals surface area contributed by atoms with Crippen molar-refractivity contribution >= 4 is 32.7 Å². The van der Waals surface area contributed by atoms with Crippen LogP contribution in [0.5, 0.6) is 0 Å². The molecule has 0 amide bonds. The number of rotatable bonds is 4. The van der Waals surface area contributed by atoms with Crippen LogP contribution in [0.2, 0.25) is 0 Å². The van der Waals surface area contributed by atoms with Crippen LogP contribution in [0.15, 0.2) is 144 Å². The summed E-state index contributed by atoms with van der Waals surface area (Å²) in [5.74, 6) is 1.89. The van der Waals surface area contributed by atoms with Crippen molar-refractivity contribution in [2.75, 3.05) is 0 Å². The summed E-state index contributed by atoms with van der Waals surface area (Å²) >= 11 is 0. The zero-order valence-electron chi connectivity index (χ0n) is 22.0. The van der Waals surface area contributed by atoms with Crippen LogP contribution >= 0.6 is 0 Å². The summed E-state index contributed by atoms with van der Waals surface area (Å²) < 4.78 is 6.47. The Morgan fingerprint density at radius 3 is 1.68 bits per heavy atom. The highest BCUT2D eigenvalue weighted by Gasteiger charge is 2.18. The van der Waals surface area contributed by atoms with E-state index in [4.69, 9.17) is 19.4 Å². The molecule has 0 saturated heterocycles. The van der Waals surface area contributed by atoms with Crippen molar-refractivity contribution in [3.8, 4) is 45.3 Å². The summed E-state index contributed by atoms with van der Waals surface area (Å²) in [5, 5.41) is 4.47. The van der Waals surface area contributed by atoms with Gasteiger partial charge in [0.05, 0.1) is 0 Å². The fourth-order valence-corrected chi connectivity index (χ4v) is 5.47. The quantitative estimate of drug-likeness (QED) is 0.230. The number of fused-ring (bicyclic) bond motifs is 4. The molecule has 0 radical (unpaired) electrons. The van der Waals surface area contributed by atoms with Crippen molar-refractivity contribution in [1.29, 1.82) is 0 Å². The van der Waals surface area contributed by atoms with Gasteiger partial charge in [0.25, 0.3) is 0 Å². The molecular weight excluding hydrogens is 502 g/mol. The molecule has 4 nitrogen and oxygen atoms in total. The van der Waals surface area contributed by atoms with Gasteiger partial charge in [-0.2, -0.15) is 0 Å². The average Bonchev–Trinajstić information content (AvgIpc) is 3.43. The van der Waals surface area contributed by atoms with Gasteiger partial charge in [0.15, 0.2) is 17.5 Å². The molecule has 0 aliphatic heterocycles. The Kier molecular flexibility index (Phi) is 5.42. The summed E-state index contributed by atoms with van der Waals surface area (Å²) in [7, 11) is 0. The molecule has 41 heavy (non-hydrogen) atoms. The van der Waals surface area contributed by atoms with Crippen LogP contribution in [0.25, 0.3) is 78.0 Å². The van der Waals surface area contributed by atoms with Crippen LogP contribution in [0.3, 0.4) is 0 Å². The first-order valence-electron chi connectivity index (χ1n) is 13.6. The molecule has 8 rings (SSSR count). The van der Waals surface area contributed by atoms with Gasteiger partial charge in [0, 0.05) is 33.0 Å². The van der Waals surface area contributed by atoms with E-state index in [1.54, 1.807) is 0 Å². The maximum Gasteiger partial charge on any atom is 0.164 e. The third-order valence-corrected chi connectivity index (χ3v) is 7.50. The fourth-order valence-electron chi connectivity index (χ4n) is 5.47. The summed E-state index contributed by atoms with van der Waals surface area (Å²) in [6.07, 6.45) is 0. The highest BCUT2D eigenvalue weighted by atomic mass is 16.3. The first-order chi connectivity index (χ1) is 20.3. The summed E-state index contributed by atoms with van der Waals surface area (Å²) in [4.78, 5) is 14.9. The molecule has 2 aromatic heterocycles. The molecule has 0 spiro atoms. The number of hydrogen-bond acceptors (Lipinski definition) is 4. The lowest BCUT2D eigenvalue weighted by atomic mass is 9.96. The lowest BCUT2D eigenvalue weighted by Gasteiger charge is -2.11. The number of benzene rings is 6. The number of hydrogen-bond donors (Lipinski definition) is 0. The van der Waals surface area contributed by atoms with Gasteiger partial charge in [0.2, 0.25) is 0 Å². The second-order valence-electron chi connectivity index (χ2n) is 10.1. The van der Waals surface area contributed by atoms with Gasteiger partial charge in [-0.25, -0.2) is 15.0 Å². The Hall–Kier alpha value is -5.61. The van der Waals surface area contributed by atoms with Crippen molar-refractivity contribution in [3.05, 3.63) is 140 Å². The number of nitrogens with zero attached hydrogens (tertiary/aromatic N) is 3. The first-order valence-corrected chi connectivity index (χ1v) is 13.6. The number of aromatic nitrogens is 3. The van der Waals surface area contributed by atoms with Gasteiger partial charge in [-0.3, -0.25) is 0 Å². The molecule has 0 bridgehead atoms. The van der Waals surface area contributed by atoms with Crippen molar-refractivity contribution in [3.63, 3.8) is 0 Å². The molecule has 192 valence electrons. The zero-order chi connectivity index (χ0) is 27.2. The fraction of sp³-hybridized carbons (Fsp3) is 0. The third-order valence-electron chi connectivity index (χ3n) is 7.50. The van der Waals surface area contributed by atoms with Crippen LogP contribution in [0, 0.1) is 0 Å². The Morgan fingerprint density at radius 2 is 0.976 bits per heavy atom. The largest absolute Gasteiger partial charge is 0.455 e. The predicted octanol–water partition coefficient (Wildman–Crippen LogP) is 9.59. The number of furan rings is 1. The van der Waals surface area contributed by atoms with E-state index in [-0.39, 0.29) is 0 Å². The van der Waals surface area contributed by atoms with E-state index >= 15 is 0 Å². The Morgan fingerprint density at radius 1 is 0.390 bits per heavy atom. The first kappa shape index (κ1) is 23.3. The molecule has 0 fully saturated rings. The summed E-state index contributed by atoms with van der Waals surface area (Å²) in [6, 6.07) is 47.5. The number of para-hydroxylation sites is 1.